The number of aliphatic hydroxyl groups excluding tert-OH is 2. The largest absolute Gasteiger partial charge is 0.469 e. The highest BCUT2D eigenvalue weighted by Crippen LogP contribution is 2.58. The van der Waals surface area contributed by atoms with Gasteiger partial charge in [-0.25, -0.2) is 4.98 Å². The molecule has 6 atom stereocenters. The zero-order valence-electron chi connectivity index (χ0n) is 25.9. The van der Waals surface area contributed by atoms with Crippen molar-refractivity contribution in [3.05, 3.63) is 76.5 Å². The molecular formula is C33H39N5O7. The van der Waals surface area contributed by atoms with Crippen molar-refractivity contribution in [1.29, 1.82) is 0 Å². The molecular weight excluding hydrogens is 578 g/mol. The van der Waals surface area contributed by atoms with Gasteiger partial charge in [-0.3, -0.25) is 14.4 Å². The van der Waals surface area contributed by atoms with Gasteiger partial charge in [0.1, 0.15) is 29.4 Å². The van der Waals surface area contributed by atoms with Gasteiger partial charge in [0.15, 0.2) is 17.7 Å². The third-order valence-electron chi connectivity index (χ3n) is 8.82. The van der Waals surface area contributed by atoms with E-state index in [1.165, 1.54) is 0 Å². The standard InChI is InChI=1S/C33H39N5O7/c1-15(2)24-31-38-25(29(42)34-17(5)14-39)27(45-31)33-19-8-6-7-9-21(19)36-32(33)44-23-11-10-18(12-20(23)33)13-22(28(41)37-24)35-30(43)26(40)16(3)4/h6-12,15-17,22,24,26,32,36,39-40H,13-14H2,1-5H3,(H,34,42)(H,35,43)(H,37,41)/t17-,22+,24+,26+,32?,33?/m1/s1. The maximum Gasteiger partial charge on any atom is 0.273 e. The fourth-order valence-electron chi connectivity index (χ4n) is 6.35. The lowest BCUT2D eigenvalue weighted by atomic mass is 9.72. The van der Waals surface area contributed by atoms with Gasteiger partial charge in [-0.1, -0.05) is 58.0 Å². The van der Waals surface area contributed by atoms with E-state index < -0.39 is 53.6 Å². The van der Waals surface area contributed by atoms with Crippen LogP contribution in [0.3, 0.4) is 0 Å². The van der Waals surface area contributed by atoms with E-state index in [0.29, 0.717) is 11.3 Å². The third kappa shape index (κ3) is 5.01. The number of nitrogens with zero attached hydrogens (tertiary/aromatic N) is 1. The highest BCUT2D eigenvalue weighted by atomic mass is 16.5. The zero-order chi connectivity index (χ0) is 32.2. The number of benzene rings is 2. The molecule has 2 aromatic carbocycles. The number of fused-ring (bicyclic) bond motifs is 4. The van der Waals surface area contributed by atoms with Crippen molar-refractivity contribution >= 4 is 23.4 Å². The van der Waals surface area contributed by atoms with E-state index in [9.17, 15) is 24.6 Å². The molecule has 0 fully saturated rings. The Kier molecular flexibility index (Phi) is 7.82. The third-order valence-corrected chi connectivity index (χ3v) is 8.82. The quantitative estimate of drug-likeness (QED) is 0.232. The first kappa shape index (κ1) is 30.6. The molecule has 4 bridgehead atoms. The summed E-state index contributed by atoms with van der Waals surface area (Å²) in [7, 11) is 0. The Hall–Kier alpha value is -4.42. The van der Waals surface area contributed by atoms with E-state index in [-0.39, 0.29) is 42.2 Å². The minimum absolute atomic E-state index is 0.0136. The maximum absolute atomic E-state index is 13.9. The first-order valence-electron chi connectivity index (χ1n) is 15.3. The highest BCUT2D eigenvalue weighted by Gasteiger charge is 2.61. The average molecular weight is 618 g/mol. The number of ether oxygens (including phenoxy) is 1. The first-order chi connectivity index (χ1) is 21.4. The number of oxazole rings is 1. The summed E-state index contributed by atoms with van der Waals surface area (Å²) in [5, 5.41) is 32.1. The van der Waals surface area contributed by atoms with Gasteiger partial charge in [-0.05, 0) is 42.0 Å². The molecule has 12 heteroatoms. The molecule has 0 aliphatic carbocycles. The van der Waals surface area contributed by atoms with Crippen LogP contribution < -0.4 is 26.0 Å². The molecule has 6 rings (SSSR count). The van der Waals surface area contributed by atoms with Gasteiger partial charge in [-0.15, -0.1) is 0 Å². The molecule has 3 aliphatic rings. The molecule has 12 nitrogen and oxygen atoms in total. The molecule has 0 saturated heterocycles. The minimum atomic E-state index is -1.30. The number of hydrogen-bond donors (Lipinski definition) is 6. The highest BCUT2D eigenvalue weighted by molar-refractivity contribution is 5.95. The van der Waals surface area contributed by atoms with E-state index in [1.807, 2.05) is 56.3 Å². The number of rotatable bonds is 7. The van der Waals surface area contributed by atoms with Gasteiger partial charge in [-0.2, -0.15) is 0 Å². The Morgan fingerprint density at radius 1 is 1.09 bits per heavy atom. The molecule has 238 valence electrons. The van der Waals surface area contributed by atoms with E-state index in [4.69, 9.17) is 14.1 Å². The van der Waals surface area contributed by atoms with Crippen LogP contribution in [0.2, 0.25) is 0 Å². The lowest BCUT2D eigenvalue weighted by Gasteiger charge is -2.29. The molecule has 6 N–H and O–H groups in total. The predicted octanol–water partition coefficient (Wildman–Crippen LogP) is 2.13. The first-order valence-corrected chi connectivity index (χ1v) is 15.3. The normalized spacial score (nSPS) is 24.3. The van der Waals surface area contributed by atoms with Crippen LogP contribution in [-0.2, 0) is 21.4 Å². The predicted molar refractivity (Wildman–Crippen MR) is 164 cm³/mol. The van der Waals surface area contributed by atoms with Gasteiger partial charge in [0.2, 0.25) is 17.7 Å². The molecule has 3 aromatic rings. The maximum atomic E-state index is 13.9. The number of carbonyl (C=O) groups excluding carboxylic acids is 3. The van der Waals surface area contributed by atoms with Gasteiger partial charge in [0, 0.05) is 23.7 Å². The zero-order valence-corrected chi connectivity index (χ0v) is 25.9. The Balaban J connectivity index is 1.59. The summed E-state index contributed by atoms with van der Waals surface area (Å²) in [4.78, 5) is 45.4. The van der Waals surface area contributed by atoms with E-state index in [1.54, 1.807) is 20.8 Å². The van der Waals surface area contributed by atoms with Crippen LogP contribution in [0, 0.1) is 11.8 Å². The second-order valence-corrected chi connectivity index (χ2v) is 12.8. The van der Waals surface area contributed by atoms with Crippen molar-refractivity contribution in [3.8, 4) is 5.75 Å². The van der Waals surface area contributed by atoms with Crippen molar-refractivity contribution in [2.75, 3.05) is 11.9 Å². The number of anilines is 1. The summed E-state index contributed by atoms with van der Waals surface area (Å²) in [5.74, 6) is -1.33. The Labute approximate surface area is 260 Å². The van der Waals surface area contributed by atoms with E-state index in [2.05, 4.69) is 21.3 Å². The summed E-state index contributed by atoms with van der Waals surface area (Å²) in [6, 6.07) is 10.9. The Morgan fingerprint density at radius 3 is 2.56 bits per heavy atom. The Morgan fingerprint density at radius 2 is 1.84 bits per heavy atom. The van der Waals surface area contributed by atoms with Crippen LogP contribution in [0.5, 0.6) is 5.75 Å². The summed E-state index contributed by atoms with van der Waals surface area (Å²) in [6.45, 7) is 8.62. The molecule has 1 spiro atoms. The molecule has 0 saturated carbocycles. The molecule has 45 heavy (non-hydrogen) atoms. The summed E-state index contributed by atoms with van der Waals surface area (Å²) in [5.41, 5.74) is 1.94. The second-order valence-electron chi connectivity index (χ2n) is 12.8. The monoisotopic (exact) mass is 617 g/mol. The van der Waals surface area contributed by atoms with Crippen LogP contribution >= 0.6 is 0 Å². The number of aliphatic hydroxyl groups is 2. The molecule has 2 unspecified atom stereocenters. The van der Waals surface area contributed by atoms with Crippen LogP contribution in [0.15, 0.2) is 46.9 Å². The lowest BCUT2D eigenvalue weighted by molar-refractivity contribution is -0.135. The van der Waals surface area contributed by atoms with Gasteiger partial charge in [0.05, 0.1) is 6.61 Å². The fraction of sp³-hybridized carbons (Fsp3) is 0.455. The van der Waals surface area contributed by atoms with Crippen molar-refractivity contribution < 1.29 is 33.8 Å². The molecule has 0 radical (unpaired) electrons. The fourth-order valence-corrected chi connectivity index (χ4v) is 6.35. The SMILES string of the molecule is CC(C)[C@H](O)C(=O)N[C@H]1Cc2ccc3c(c2)C2(c4ccccc4NC2O3)c2oc(nc2C(=O)N[C@H](C)CO)[C@H](C(C)C)NC1=O. The number of amides is 3. The number of nitrogens with one attached hydrogen (secondary N) is 4. The van der Waals surface area contributed by atoms with Crippen molar-refractivity contribution in [1.82, 2.24) is 20.9 Å². The van der Waals surface area contributed by atoms with Crippen LogP contribution in [0.4, 0.5) is 5.69 Å². The molecule has 3 aliphatic heterocycles. The summed E-state index contributed by atoms with van der Waals surface area (Å²) in [6.07, 6.45) is -1.85. The van der Waals surface area contributed by atoms with Crippen molar-refractivity contribution in [2.45, 2.75) is 76.9 Å². The number of hydrogen-bond acceptors (Lipinski definition) is 9. The number of para-hydroxylation sites is 1. The smallest absolute Gasteiger partial charge is 0.273 e. The van der Waals surface area contributed by atoms with E-state index >= 15 is 0 Å². The average Bonchev–Trinajstić information content (AvgIpc) is 3.67. The van der Waals surface area contributed by atoms with Crippen LogP contribution in [0.1, 0.15) is 79.5 Å². The van der Waals surface area contributed by atoms with Gasteiger partial charge < -0.3 is 40.6 Å². The second kappa shape index (κ2) is 11.5. The summed E-state index contributed by atoms with van der Waals surface area (Å²) < 4.78 is 13.1. The van der Waals surface area contributed by atoms with Gasteiger partial charge in [0.25, 0.3) is 5.91 Å². The van der Waals surface area contributed by atoms with Crippen LogP contribution in [0.25, 0.3) is 0 Å². The summed E-state index contributed by atoms with van der Waals surface area (Å²) >= 11 is 0. The van der Waals surface area contributed by atoms with Crippen molar-refractivity contribution in [3.63, 3.8) is 0 Å². The molecule has 4 heterocycles. The molecule has 1 aromatic heterocycles. The molecule has 3 amide bonds. The number of aromatic nitrogens is 1. The van der Waals surface area contributed by atoms with Crippen LogP contribution in [-0.4, -0.2) is 63.9 Å². The van der Waals surface area contributed by atoms with E-state index in [0.717, 1.165) is 16.8 Å². The Bertz CT molecular complexity index is 1650. The topological polar surface area (TPSA) is 175 Å². The van der Waals surface area contributed by atoms with Crippen molar-refractivity contribution in [2.24, 2.45) is 11.8 Å². The van der Waals surface area contributed by atoms with Gasteiger partial charge >= 0.3 is 0 Å². The number of carbonyl (C=O) groups is 3. The lowest BCUT2D eigenvalue weighted by Crippen LogP contribution is -2.52. The minimum Gasteiger partial charge on any atom is -0.469 e.